The number of benzene rings is 2. The number of aromatic nitrogens is 1. The third-order valence-electron chi connectivity index (χ3n) is 4.75. The lowest BCUT2D eigenvalue weighted by Crippen LogP contribution is -2.53. The summed E-state index contributed by atoms with van der Waals surface area (Å²) in [6, 6.07) is 14.2. The van der Waals surface area contributed by atoms with Gasteiger partial charge in [-0.25, -0.2) is 4.79 Å². The fraction of sp³-hybridized carbons (Fsp3) is 0.227. The molecule has 2 amide bonds. The Morgan fingerprint density at radius 1 is 1.07 bits per heavy atom. The van der Waals surface area contributed by atoms with Crippen LogP contribution in [0.25, 0.3) is 10.9 Å². The number of nitrogens with one attached hydrogen (secondary N) is 2. The highest BCUT2D eigenvalue weighted by atomic mass is 16.4. The quantitative estimate of drug-likeness (QED) is 0.574. The topological polar surface area (TPSA) is 103 Å². The number of amides is 2. The molecule has 7 heteroatoms. The molecule has 2 aromatic carbocycles. The molecule has 1 heterocycles. The Bertz CT molecular complexity index is 1030. The number of fused-ring (bicyclic) bond motifs is 1. The molecular weight excluding hydrogens is 370 g/mol. The molecular formula is C22H23N3O4. The van der Waals surface area contributed by atoms with Crippen LogP contribution in [-0.4, -0.2) is 40.0 Å². The minimum absolute atomic E-state index is 0.118. The highest BCUT2D eigenvalue weighted by molar-refractivity contribution is 6.03. The van der Waals surface area contributed by atoms with Crippen molar-refractivity contribution in [1.29, 1.82) is 0 Å². The molecule has 0 radical (unpaired) electrons. The van der Waals surface area contributed by atoms with Gasteiger partial charge in [-0.05, 0) is 30.7 Å². The van der Waals surface area contributed by atoms with Crippen molar-refractivity contribution in [1.82, 2.24) is 10.3 Å². The summed E-state index contributed by atoms with van der Waals surface area (Å²) < 4.78 is 0. The lowest BCUT2D eigenvalue weighted by molar-refractivity contribution is -0.140. The summed E-state index contributed by atoms with van der Waals surface area (Å²) in [6.07, 6.45) is 1.89. The number of carboxylic acid groups (broad SMARTS) is 1. The summed E-state index contributed by atoms with van der Waals surface area (Å²) in [5.41, 5.74) is 2.16. The molecule has 0 aliphatic rings. The van der Waals surface area contributed by atoms with Gasteiger partial charge in [-0.15, -0.1) is 0 Å². The van der Waals surface area contributed by atoms with E-state index in [1.165, 1.54) is 11.8 Å². The molecule has 2 atom stereocenters. The van der Waals surface area contributed by atoms with Crippen LogP contribution in [0.5, 0.6) is 0 Å². The Kier molecular flexibility index (Phi) is 5.97. The summed E-state index contributed by atoms with van der Waals surface area (Å²) in [4.78, 5) is 41.2. The molecule has 3 N–H and O–H groups in total. The number of H-pyrrole nitrogens is 1. The van der Waals surface area contributed by atoms with E-state index in [4.69, 9.17) is 0 Å². The van der Waals surface area contributed by atoms with Gasteiger partial charge in [0.2, 0.25) is 11.8 Å². The molecule has 1 aromatic heterocycles. The van der Waals surface area contributed by atoms with Crippen molar-refractivity contribution in [3.63, 3.8) is 0 Å². The first kappa shape index (κ1) is 20.1. The zero-order valence-corrected chi connectivity index (χ0v) is 16.3. The molecule has 1 unspecified atom stereocenters. The molecule has 7 nitrogen and oxygen atoms in total. The van der Waals surface area contributed by atoms with Crippen molar-refractivity contribution in [2.24, 2.45) is 0 Å². The van der Waals surface area contributed by atoms with Gasteiger partial charge in [-0.3, -0.25) is 14.5 Å². The lowest BCUT2D eigenvalue weighted by Gasteiger charge is -2.31. The zero-order chi connectivity index (χ0) is 21.0. The maximum atomic E-state index is 13.2. The van der Waals surface area contributed by atoms with E-state index in [2.05, 4.69) is 10.3 Å². The molecule has 0 spiro atoms. The van der Waals surface area contributed by atoms with Crippen molar-refractivity contribution in [3.05, 3.63) is 66.4 Å². The van der Waals surface area contributed by atoms with E-state index in [9.17, 15) is 19.5 Å². The predicted octanol–water partition coefficient (Wildman–Crippen LogP) is 2.72. The Balaban J connectivity index is 2.01. The Hall–Kier alpha value is -3.61. The smallest absolute Gasteiger partial charge is 0.327 e. The van der Waals surface area contributed by atoms with Gasteiger partial charge in [-0.2, -0.15) is 0 Å². The van der Waals surface area contributed by atoms with Crippen molar-refractivity contribution in [3.8, 4) is 0 Å². The van der Waals surface area contributed by atoms with Crippen LogP contribution in [0.15, 0.2) is 60.8 Å². The molecule has 29 heavy (non-hydrogen) atoms. The van der Waals surface area contributed by atoms with E-state index in [1.54, 1.807) is 43.5 Å². The minimum Gasteiger partial charge on any atom is -0.480 e. The summed E-state index contributed by atoms with van der Waals surface area (Å²) in [5, 5.41) is 13.5. The van der Waals surface area contributed by atoms with E-state index >= 15 is 0 Å². The number of anilines is 1. The zero-order valence-electron chi connectivity index (χ0n) is 16.3. The van der Waals surface area contributed by atoms with Gasteiger partial charge in [0, 0.05) is 36.1 Å². The number of hydrogen-bond acceptors (Lipinski definition) is 3. The fourth-order valence-corrected chi connectivity index (χ4v) is 3.42. The highest BCUT2D eigenvalue weighted by Gasteiger charge is 2.34. The molecule has 0 bridgehead atoms. The number of carbonyl (C=O) groups excluding carboxylic acids is 2. The lowest BCUT2D eigenvalue weighted by atomic mass is 10.0. The number of rotatable bonds is 7. The van der Waals surface area contributed by atoms with E-state index in [-0.39, 0.29) is 12.3 Å². The summed E-state index contributed by atoms with van der Waals surface area (Å²) in [5.74, 6) is -1.97. The second-order valence-corrected chi connectivity index (χ2v) is 6.88. The number of carbonyl (C=O) groups is 3. The van der Waals surface area contributed by atoms with E-state index in [0.29, 0.717) is 5.69 Å². The second-order valence-electron chi connectivity index (χ2n) is 6.88. The van der Waals surface area contributed by atoms with E-state index < -0.39 is 24.0 Å². The first-order valence-electron chi connectivity index (χ1n) is 9.31. The van der Waals surface area contributed by atoms with E-state index in [0.717, 1.165) is 16.5 Å². The minimum atomic E-state index is -1.14. The summed E-state index contributed by atoms with van der Waals surface area (Å²) in [7, 11) is 0. The number of para-hydroxylation sites is 2. The van der Waals surface area contributed by atoms with Crippen LogP contribution in [0.4, 0.5) is 5.69 Å². The second kappa shape index (κ2) is 8.60. The van der Waals surface area contributed by atoms with Crippen molar-refractivity contribution < 1.29 is 19.5 Å². The van der Waals surface area contributed by atoms with Crippen LogP contribution < -0.4 is 10.2 Å². The fourth-order valence-electron chi connectivity index (χ4n) is 3.42. The van der Waals surface area contributed by atoms with Gasteiger partial charge >= 0.3 is 5.97 Å². The van der Waals surface area contributed by atoms with Gasteiger partial charge in [0.15, 0.2) is 0 Å². The third kappa shape index (κ3) is 4.45. The van der Waals surface area contributed by atoms with Crippen LogP contribution in [-0.2, 0) is 20.8 Å². The van der Waals surface area contributed by atoms with Crippen molar-refractivity contribution >= 4 is 34.4 Å². The Morgan fingerprint density at radius 3 is 2.38 bits per heavy atom. The van der Waals surface area contributed by atoms with Crippen LogP contribution in [0.1, 0.15) is 19.4 Å². The Morgan fingerprint density at radius 2 is 1.72 bits per heavy atom. The maximum absolute atomic E-state index is 13.2. The molecule has 3 rings (SSSR count). The van der Waals surface area contributed by atoms with Gasteiger partial charge in [0.1, 0.15) is 12.1 Å². The molecule has 0 fully saturated rings. The van der Waals surface area contributed by atoms with Gasteiger partial charge in [0.05, 0.1) is 0 Å². The first-order valence-corrected chi connectivity index (χ1v) is 9.31. The van der Waals surface area contributed by atoms with Gasteiger partial charge in [0.25, 0.3) is 0 Å². The van der Waals surface area contributed by atoms with Crippen molar-refractivity contribution in [2.75, 3.05) is 4.90 Å². The van der Waals surface area contributed by atoms with Crippen molar-refractivity contribution in [2.45, 2.75) is 32.4 Å². The standard InChI is InChI=1S/C22H23N3O4/c1-14(24-15(2)26)21(27)25(17-8-4-3-5-9-17)20(22(28)29)12-16-13-23-19-11-7-6-10-18(16)19/h3-11,13-14,20,23H,12H2,1-2H3,(H,24,26)(H,28,29)/t14?,20-/m0/s1. The largest absolute Gasteiger partial charge is 0.480 e. The molecule has 150 valence electrons. The molecule has 3 aromatic rings. The monoisotopic (exact) mass is 393 g/mol. The van der Waals surface area contributed by atoms with Crippen LogP contribution in [0.2, 0.25) is 0 Å². The SMILES string of the molecule is CC(=O)NC(C)C(=O)N(c1ccccc1)[C@@H](Cc1c[nH]c2ccccc12)C(=O)O. The van der Waals surface area contributed by atoms with Crippen LogP contribution in [0, 0.1) is 0 Å². The van der Waals surface area contributed by atoms with Crippen LogP contribution >= 0.6 is 0 Å². The molecule has 0 saturated heterocycles. The number of hydrogen-bond donors (Lipinski definition) is 3. The average molecular weight is 393 g/mol. The number of aromatic amines is 1. The van der Waals surface area contributed by atoms with E-state index in [1.807, 2.05) is 24.3 Å². The Labute approximate surface area is 168 Å². The number of carboxylic acids is 1. The maximum Gasteiger partial charge on any atom is 0.327 e. The van der Waals surface area contributed by atoms with Gasteiger partial charge < -0.3 is 15.4 Å². The summed E-state index contributed by atoms with van der Waals surface area (Å²) >= 11 is 0. The summed E-state index contributed by atoms with van der Waals surface area (Å²) in [6.45, 7) is 2.86. The number of nitrogens with zero attached hydrogens (tertiary/aromatic N) is 1. The first-order chi connectivity index (χ1) is 13.9. The average Bonchev–Trinajstić information content (AvgIpc) is 3.10. The molecule has 0 aliphatic carbocycles. The number of aliphatic carboxylic acids is 1. The molecule has 0 aliphatic heterocycles. The highest BCUT2D eigenvalue weighted by Crippen LogP contribution is 2.24. The molecule has 0 saturated carbocycles. The van der Waals surface area contributed by atoms with Crippen LogP contribution in [0.3, 0.4) is 0 Å². The van der Waals surface area contributed by atoms with Gasteiger partial charge in [-0.1, -0.05) is 36.4 Å². The predicted molar refractivity (Wildman–Crippen MR) is 111 cm³/mol. The third-order valence-corrected chi connectivity index (χ3v) is 4.75. The normalized spacial score (nSPS) is 12.9.